The van der Waals surface area contributed by atoms with Gasteiger partial charge in [0.2, 0.25) is 11.6 Å². The van der Waals surface area contributed by atoms with E-state index >= 15 is 0 Å². The molecule has 4 nitrogen and oxygen atoms in total. The largest absolute Gasteiger partial charge is 0.288 e. The molecule has 6 heteroatoms. The van der Waals surface area contributed by atoms with E-state index in [4.69, 9.17) is 0 Å². The molecule has 0 aliphatic rings. The van der Waals surface area contributed by atoms with Crippen LogP contribution in [0.5, 0.6) is 0 Å². The number of Topliss-reactive ketones (excluding diaryl/α,β-unsaturated/α-hetero) is 2. The first-order valence-electron chi connectivity index (χ1n) is 9.35. The number of rotatable bonds is 6. The zero-order valence-electron chi connectivity index (χ0n) is 16.5. The number of allylic oxidation sites excluding steroid dienone is 2. The smallest absolute Gasteiger partial charge is 0.203 e. The van der Waals surface area contributed by atoms with Gasteiger partial charge in [0.05, 0.1) is 0 Å². The molecule has 0 bridgehead atoms. The summed E-state index contributed by atoms with van der Waals surface area (Å²) in [5.74, 6) is -2.10. The highest BCUT2D eigenvalue weighted by atomic mass is 19.1. The minimum absolute atomic E-state index is 0.152. The molecule has 154 valence electrons. The van der Waals surface area contributed by atoms with Crippen LogP contribution in [0, 0.1) is 34.3 Å². The molecule has 32 heavy (non-hydrogen) atoms. The van der Waals surface area contributed by atoms with Gasteiger partial charge in [0.15, 0.2) is 0 Å². The van der Waals surface area contributed by atoms with Gasteiger partial charge in [-0.05, 0) is 77.9 Å². The first-order chi connectivity index (χ1) is 15.4. The predicted molar refractivity (Wildman–Crippen MR) is 115 cm³/mol. The molecule has 0 saturated heterocycles. The van der Waals surface area contributed by atoms with E-state index in [9.17, 15) is 28.9 Å². The second kappa shape index (κ2) is 9.88. The second-order valence-corrected chi connectivity index (χ2v) is 6.68. The summed E-state index contributed by atoms with van der Waals surface area (Å²) in [5, 5.41) is 18.8. The highest BCUT2D eigenvalue weighted by Crippen LogP contribution is 2.18. The second-order valence-electron chi connectivity index (χ2n) is 6.68. The van der Waals surface area contributed by atoms with Crippen molar-refractivity contribution in [2.24, 2.45) is 0 Å². The standard InChI is InChI=1S/C26H14F2N2O2/c27-23-8-4-19(5-9-23)25(31)21(15-29)13-17-2-1-3-18(12-17)14-22(16-30)26(32)20-6-10-24(28)11-7-20/h1-14H/b21-13-,22-14+. The third-order valence-corrected chi connectivity index (χ3v) is 4.48. The lowest BCUT2D eigenvalue weighted by Gasteiger charge is -2.03. The van der Waals surface area contributed by atoms with Crippen molar-refractivity contribution in [3.05, 3.63) is 118 Å². The summed E-state index contributed by atoms with van der Waals surface area (Å²) in [4.78, 5) is 25.1. The summed E-state index contributed by atoms with van der Waals surface area (Å²) in [6, 6.07) is 20.0. The molecule has 0 amide bonds. The van der Waals surface area contributed by atoms with Gasteiger partial charge in [0.25, 0.3) is 0 Å². The van der Waals surface area contributed by atoms with Gasteiger partial charge < -0.3 is 0 Å². The van der Waals surface area contributed by atoms with E-state index in [-0.39, 0.29) is 22.3 Å². The predicted octanol–water partition coefficient (Wildman–Crippen LogP) is 5.54. The summed E-state index contributed by atoms with van der Waals surface area (Å²) in [6.45, 7) is 0. The zero-order valence-corrected chi connectivity index (χ0v) is 16.5. The molecule has 0 radical (unpaired) electrons. The molecule has 0 heterocycles. The number of carbonyl (C=O) groups excluding carboxylic acids is 2. The SMILES string of the molecule is N#C/C(=C/c1cccc(/C=C(\C#N)C(=O)c2ccc(F)cc2)c1)C(=O)c1ccc(F)cc1. The molecule has 0 fully saturated rings. The fourth-order valence-electron chi connectivity index (χ4n) is 2.88. The van der Waals surface area contributed by atoms with Gasteiger partial charge in [-0.1, -0.05) is 18.2 Å². The number of nitriles is 2. The van der Waals surface area contributed by atoms with Gasteiger partial charge in [0, 0.05) is 11.1 Å². The van der Waals surface area contributed by atoms with Crippen molar-refractivity contribution in [2.75, 3.05) is 0 Å². The van der Waals surface area contributed by atoms with Crippen LogP contribution in [0.4, 0.5) is 8.78 Å². The third kappa shape index (κ3) is 5.27. The van der Waals surface area contributed by atoms with Crippen molar-refractivity contribution >= 4 is 23.7 Å². The van der Waals surface area contributed by atoms with Gasteiger partial charge >= 0.3 is 0 Å². The minimum Gasteiger partial charge on any atom is -0.288 e. The van der Waals surface area contributed by atoms with Crippen molar-refractivity contribution < 1.29 is 18.4 Å². The highest BCUT2D eigenvalue weighted by Gasteiger charge is 2.14. The van der Waals surface area contributed by atoms with E-state index in [2.05, 4.69) is 0 Å². The quantitative estimate of drug-likeness (QED) is 0.295. The first kappa shape index (κ1) is 22.0. The summed E-state index contributed by atoms with van der Waals surface area (Å²) < 4.78 is 26.2. The van der Waals surface area contributed by atoms with E-state index in [1.807, 2.05) is 12.1 Å². The van der Waals surface area contributed by atoms with E-state index < -0.39 is 23.2 Å². The maximum Gasteiger partial charge on any atom is 0.203 e. The van der Waals surface area contributed by atoms with Crippen molar-refractivity contribution in [3.8, 4) is 12.1 Å². The Labute approximate surface area is 183 Å². The Balaban J connectivity index is 1.91. The zero-order chi connectivity index (χ0) is 23.1. The normalized spacial score (nSPS) is 11.4. The number of benzene rings is 3. The van der Waals surface area contributed by atoms with Gasteiger partial charge in [0.1, 0.15) is 34.9 Å². The van der Waals surface area contributed by atoms with Crippen molar-refractivity contribution in [3.63, 3.8) is 0 Å². The van der Waals surface area contributed by atoms with Crippen molar-refractivity contribution in [2.45, 2.75) is 0 Å². The maximum atomic E-state index is 13.1. The van der Waals surface area contributed by atoms with Crippen LogP contribution in [-0.4, -0.2) is 11.6 Å². The fourth-order valence-corrected chi connectivity index (χ4v) is 2.88. The van der Waals surface area contributed by atoms with Gasteiger partial charge in [-0.3, -0.25) is 9.59 Å². The van der Waals surface area contributed by atoms with Crippen LogP contribution in [0.2, 0.25) is 0 Å². The number of carbonyl (C=O) groups is 2. The Morgan fingerprint density at radius 3 is 1.38 bits per heavy atom. The van der Waals surface area contributed by atoms with Crippen LogP contribution < -0.4 is 0 Å². The maximum absolute atomic E-state index is 13.1. The molecule has 3 aromatic carbocycles. The van der Waals surface area contributed by atoms with Gasteiger partial charge in [-0.25, -0.2) is 8.78 Å². The summed E-state index contributed by atoms with van der Waals surface area (Å²) in [7, 11) is 0. The van der Waals surface area contributed by atoms with Crippen LogP contribution in [-0.2, 0) is 0 Å². The monoisotopic (exact) mass is 424 g/mol. The summed E-state index contributed by atoms with van der Waals surface area (Å²) in [5.41, 5.74) is 1.04. The van der Waals surface area contributed by atoms with Gasteiger partial charge in [-0.15, -0.1) is 0 Å². The number of nitrogens with zero attached hydrogens (tertiary/aromatic N) is 2. The molecule has 3 aromatic rings. The number of ketones is 2. The van der Waals surface area contributed by atoms with Crippen molar-refractivity contribution in [1.82, 2.24) is 0 Å². The molecule has 0 unspecified atom stereocenters. The molecule has 0 aliphatic heterocycles. The molecule has 0 aromatic heterocycles. The molecular weight excluding hydrogens is 410 g/mol. The third-order valence-electron chi connectivity index (χ3n) is 4.48. The number of hydrogen-bond donors (Lipinski definition) is 0. The van der Waals surface area contributed by atoms with Crippen LogP contribution in [0.25, 0.3) is 12.2 Å². The first-order valence-corrected chi connectivity index (χ1v) is 9.35. The Bertz CT molecular complexity index is 1220. The minimum atomic E-state index is -0.558. The van der Waals surface area contributed by atoms with Crippen LogP contribution >= 0.6 is 0 Å². The van der Waals surface area contributed by atoms with Crippen LogP contribution in [0.3, 0.4) is 0 Å². The average Bonchev–Trinajstić information content (AvgIpc) is 2.81. The average molecular weight is 424 g/mol. The lowest BCUT2D eigenvalue weighted by molar-refractivity contribution is 0.103. The molecule has 0 aliphatic carbocycles. The molecule has 3 rings (SSSR count). The number of halogens is 2. The molecular formula is C26H14F2N2O2. The van der Waals surface area contributed by atoms with Crippen molar-refractivity contribution in [1.29, 1.82) is 10.5 Å². The van der Waals surface area contributed by atoms with E-state index in [0.29, 0.717) is 11.1 Å². The van der Waals surface area contributed by atoms with Crippen LogP contribution in [0.15, 0.2) is 83.9 Å². The Hall–Kier alpha value is -4.68. The lowest BCUT2D eigenvalue weighted by Crippen LogP contribution is -2.02. The molecule has 0 saturated carbocycles. The van der Waals surface area contributed by atoms with E-state index in [1.54, 1.807) is 24.3 Å². The molecule has 0 N–H and O–H groups in total. The molecule has 0 spiro atoms. The Morgan fingerprint density at radius 2 is 1.03 bits per heavy atom. The fraction of sp³-hybridized carbons (Fsp3) is 0. The lowest BCUT2D eigenvalue weighted by atomic mass is 9.99. The Morgan fingerprint density at radius 1 is 0.656 bits per heavy atom. The number of hydrogen-bond acceptors (Lipinski definition) is 4. The van der Waals surface area contributed by atoms with Crippen LogP contribution in [0.1, 0.15) is 31.8 Å². The van der Waals surface area contributed by atoms with E-state index in [1.165, 1.54) is 36.4 Å². The highest BCUT2D eigenvalue weighted by molar-refractivity contribution is 6.14. The Kier molecular flexibility index (Phi) is 6.80. The summed E-state index contributed by atoms with van der Waals surface area (Å²) in [6.07, 6.45) is 2.74. The topological polar surface area (TPSA) is 81.7 Å². The molecule has 0 atom stereocenters. The van der Waals surface area contributed by atoms with Gasteiger partial charge in [-0.2, -0.15) is 10.5 Å². The summed E-state index contributed by atoms with van der Waals surface area (Å²) >= 11 is 0. The van der Waals surface area contributed by atoms with E-state index in [0.717, 1.165) is 24.3 Å².